The normalized spacial score (nSPS) is 11.9. The van der Waals surface area contributed by atoms with E-state index >= 15 is 0 Å². The van der Waals surface area contributed by atoms with Gasteiger partial charge in [0.05, 0.1) is 36.2 Å². The van der Waals surface area contributed by atoms with E-state index in [-0.39, 0.29) is 33.9 Å². The molecule has 0 unspecified atom stereocenters. The van der Waals surface area contributed by atoms with Gasteiger partial charge in [0, 0.05) is 17.0 Å². The molecule has 35 heavy (non-hydrogen) atoms. The standard InChI is InChI=1S/C23H17F5N4O3/c24-17-7-1-12(9-18(17)25)20-16-6-8-19(35)32(15-4-2-13(3-5-15)23(26,27)28)21(16)31-22(30-20)29-14(10-33)11-34/h1-9,14,33-34H,10-11H2,(H,29,30,31). The summed E-state index contributed by atoms with van der Waals surface area (Å²) in [7, 11) is 0. The number of aromatic nitrogens is 3. The molecule has 7 nitrogen and oxygen atoms in total. The maximum atomic E-state index is 14.0. The molecule has 2 heterocycles. The van der Waals surface area contributed by atoms with Crippen molar-refractivity contribution in [2.75, 3.05) is 18.5 Å². The summed E-state index contributed by atoms with van der Waals surface area (Å²) >= 11 is 0. The van der Waals surface area contributed by atoms with Gasteiger partial charge in [0.1, 0.15) is 0 Å². The second kappa shape index (κ2) is 9.39. The Hall–Kier alpha value is -3.90. The molecule has 0 radical (unpaired) electrons. The third-order valence-corrected chi connectivity index (χ3v) is 5.17. The lowest BCUT2D eigenvalue weighted by molar-refractivity contribution is -0.137. The van der Waals surface area contributed by atoms with Gasteiger partial charge in [-0.2, -0.15) is 18.2 Å². The number of halogens is 5. The Morgan fingerprint density at radius 3 is 2.20 bits per heavy atom. The third kappa shape index (κ3) is 4.84. The van der Waals surface area contributed by atoms with E-state index in [2.05, 4.69) is 15.3 Å². The minimum atomic E-state index is -4.58. The molecule has 0 saturated heterocycles. The summed E-state index contributed by atoms with van der Waals surface area (Å²) in [5.41, 5.74) is -1.32. The van der Waals surface area contributed by atoms with Gasteiger partial charge < -0.3 is 15.5 Å². The molecule has 0 bridgehead atoms. The second-order valence-electron chi connectivity index (χ2n) is 7.52. The van der Waals surface area contributed by atoms with Crippen LogP contribution in [0.25, 0.3) is 28.0 Å². The van der Waals surface area contributed by atoms with Crippen LogP contribution in [-0.2, 0) is 6.18 Å². The van der Waals surface area contributed by atoms with Crippen molar-refractivity contribution in [3.8, 4) is 16.9 Å². The SMILES string of the molecule is O=c1ccc2c(-c3ccc(F)c(F)c3)nc(NC(CO)CO)nc2n1-c1ccc(C(F)(F)F)cc1. The van der Waals surface area contributed by atoms with Gasteiger partial charge in [-0.25, -0.2) is 13.8 Å². The Kier molecular flexibility index (Phi) is 6.50. The van der Waals surface area contributed by atoms with Crippen LogP contribution in [-0.4, -0.2) is 44.0 Å². The lowest BCUT2D eigenvalue weighted by Gasteiger charge is -2.17. The summed E-state index contributed by atoms with van der Waals surface area (Å²) in [5.74, 6) is -2.41. The predicted molar refractivity (Wildman–Crippen MR) is 117 cm³/mol. The van der Waals surface area contributed by atoms with Crippen molar-refractivity contribution in [1.82, 2.24) is 14.5 Å². The number of anilines is 1. The van der Waals surface area contributed by atoms with Gasteiger partial charge in [0.25, 0.3) is 5.56 Å². The smallest absolute Gasteiger partial charge is 0.394 e. The first-order valence-corrected chi connectivity index (χ1v) is 10.2. The maximum Gasteiger partial charge on any atom is 0.416 e. The number of nitrogens with one attached hydrogen (secondary N) is 1. The number of fused-ring (bicyclic) bond motifs is 1. The van der Waals surface area contributed by atoms with Crippen LogP contribution in [0.15, 0.2) is 59.4 Å². The molecule has 4 aromatic rings. The fourth-order valence-corrected chi connectivity index (χ4v) is 3.42. The van der Waals surface area contributed by atoms with Crippen LogP contribution in [0.1, 0.15) is 5.56 Å². The molecule has 0 atom stereocenters. The molecule has 0 saturated carbocycles. The molecular weight excluding hydrogens is 475 g/mol. The highest BCUT2D eigenvalue weighted by atomic mass is 19.4. The van der Waals surface area contributed by atoms with Crippen molar-refractivity contribution in [2.45, 2.75) is 12.2 Å². The van der Waals surface area contributed by atoms with Gasteiger partial charge >= 0.3 is 6.18 Å². The zero-order valence-electron chi connectivity index (χ0n) is 17.7. The van der Waals surface area contributed by atoms with Gasteiger partial charge in [-0.15, -0.1) is 0 Å². The lowest BCUT2D eigenvalue weighted by Crippen LogP contribution is -2.29. The molecule has 2 aromatic carbocycles. The molecule has 0 aliphatic heterocycles. The zero-order valence-corrected chi connectivity index (χ0v) is 17.7. The van der Waals surface area contributed by atoms with Gasteiger partial charge in [-0.05, 0) is 48.5 Å². The largest absolute Gasteiger partial charge is 0.416 e. The van der Waals surface area contributed by atoms with Crippen LogP contribution >= 0.6 is 0 Å². The van der Waals surface area contributed by atoms with Crippen LogP contribution in [0.2, 0.25) is 0 Å². The van der Waals surface area contributed by atoms with E-state index in [0.717, 1.165) is 47.0 Å². The third-order valence-electron chi connectivity index (χ3n) is 5.17. The van der Waals surface area contributed by atoms with E-state index in [1.54, 1.807) is 0 Å². The van der Waals surface area contributed by atoms with E-state index in [1.807, 2.05) is 0 Å². The second-order valence-corrected chi connectivity index (χ2v) is 7.52. The molecule has 0 spiro atoms. The van der Waals surface area contributed by atoms with Gasteiger partial charge in [-0.1, -0.05) is 0 Å². The van der Waals surface area contributed by atoms with Crippen molar-refractivity contribution in [3.63, 3.8) is 0 Å². The Morgan fingerprint density at radius 2 is 1.60 bits per heavy atom. The molecule has 0 aliphatic rings. The van der Waals surface area contributed by atoms with Gasteiger partial charge in [0.15, 0.2) is 17.3 Å². The van der Waals surface area contributed by atoms with Crippen molar-refractivity contribution in [3.05, 3.63) is 82.1 Å². The monoisotopic (exact) mass is 492 g/mol. The summed E-state index contributed by atoms with van der Waals surface area (Å²) in [5, 5.41) is 21.7. The lowest BCUT2D eigenvalue weighted by atomic mass is 10.1. The summed E-state index contributed by atoms with van der Waals surface area (Å²) in [6.07, 6.45) is -4.58. The number of nitrogens with zero attached hydrogens (tertiary/aromatic N) is 3. The molecule has 0 fully saturated rings. The minimum absolute atomic E-state index is 0.0517. The summed E-state index contributed by atoms with van der Waals surface area (Å²) in [6, 6.07) is 8.47. The number of aliphatic hydroxyl groups is 2. The average Bonchev–Trinajstić information content (AvgIpc) is 2.83. The Labute approximate surface area is 194 Å². The van der Waals surface area contributed by atoms with E-state index in [9.17, 15) is 37.0 Å². The van der Waals surface area contributed by atoms with Gasteiger partial charge in [-0.3, -0.25) is 9.36 Å². The highest BCUT2D eigenvalue weighted by molar-refractivity contribution is 5.92. The summed E-state index contributed by atoms with van der Waals surface area (Å²) < 4.78 is 67.6. The van der Waals surface area contributed by atoms with Crippen molar-refractivity contribution < 1.29 is 32.2 Å². The Bertz CT molecular complexity index is 1430. The maximum absolute atomic E-state index is 14.0. The van der Waals surface area contributed by atoms with Crippen molar-refractivity contribution >= 4 is 17.0 Å². The van der Waals surface area contributed by atoms with Crippen molar-refractivity contribution in [2.24, 2.45) is 0 Å². The molecule has 3 N–H and O–H groups in total. The Morgan fingerprint density at radius 1 is 0.914 bits per heavy atom. The topological polar surface area (TPSA) is 100 Å². The number of pyridine rings is 1. The first-order valence-electron chi connectivity index (χ1n) is 10.2. The van der Waals surface area contributed by atoms with Gasteiger partial charge in [0.2, 0.25) is 5.95 Å². The van der Waals surface area contributed by atoms with Crippen LogP contribution < -0.4 is 10.9 Å². The quantitative estimate of drug-likeness (QED) is 0.357. The fourth-order valence-electron chi connectivity index (χ4n) is 3.42. The fraction of sp³-hybridized carbons (Fsp3) is 0.174. The van der Waals surface area contributed by atoms with E-state index < -0.39 is 48.2 Å². The van der Waals surface area contributed by atoms with Crippen LogP contribution in [0.3, 0.4) is 0 Å². The highest BCUT2D eigenvalue weighted by Gasteiger charge is 2.30. The number of hydrogen-bond donors (Lipinski definition) is 3. The predicted octanol–water partition coefficient (Wildman–Crippen LogP) is 3.51. The first kappa shape index (κ1) is 24.2. The molecule has 2 aromatic heterocycles. The average molecular weight is 492 g/mol. The summed E-state index contributed by atoms with van der Waals surface area (Å²) in [4.78, 5) is 21.3. The number of aliphatic hydroxyl groups excluding tert-OH is 2. The summed E-state index contributed by atoms with van der Waals surface area (Å²) in [6.45, 7) is -1.00. The number of rotatable bonds is 6. The van der Waals surface area contributed by atoms with E-state index in [0.29, 0.717) is 0 Å². The van der Waals surface area contributed by atoms with Crippen LogP contribution in [0, 0.1) is 11.6 Å². The first-order chi connectivity index (χ1) is 16.6. The molecule has 0 amide bonds. The molecule has 4 rings (SSSR count). The Balaban J connectivity index is 1.99. The molecule has 12 heteroatoms. The van der Waals surface area contributed by atoms with Crippen LogP contribution in [0.4, 0.5) is 27.9 Å². The van der Waals surface area contributed by atoms with Crippen molar-refractivity contribution in [1.29, 1.82) is 0 Å². The molecule has 182 valence electrons. The van der Waals surface area contributed by atoms with Crippen LogP contribution in [0.5, 0.6) is 0 Å². The van der Waals surface area contributed by atoms with E-state index in [1.165, 1.54) is 12.1 Å². The number of benzene rings is 2. The highest BCUT2D eigenvalue weighted by Crippen LogP contribution is 2.31. The number of alkyl halides is 3. The zero-order chi connectivity index (χ0) is 25.3. The molecular formula is C23H17F5N4O3. The number of hydrogen-bond acceptors (Lipinski definition) is 6. The van der Waals surface area contributed by atoms with E-state index in [4.69, 9.17) is 0 Å². The molecule has 0 aliphatic carbocycles. The minimum Gasteiger partial charge on any atom is -0.394 e.